The first-order valence-corrected chi connectivity index (χ1v) is 6.95. The van der Waals surface area contributed by atoms with Crippen LogP contribution in [0.5, 0.6) is 0 Å². The molecule has 2 rings (SSSR count). The first-order valence-electron chi connectivity index (χ1n) is 6.95. The zero-order valence-corrected chi connectivity index (χ0v) is 11.2. The number of benzene rings is 1. The first-order chi connectivity index (χ1) is 8.75. The summed E-state index contributed by atoms with van der Waals surface area (Å²) in [5.74, 6) is 0.141. The van der Waals surface area contributed by atoms with Crippen molar-refractivity contribution in [2.24, 2.45) is 0 Å². The standard InChI is InChI=1S/C15H22N2O/c1-13-7-3-4-8-14(13)16-15(18)9-12-17-10-5-2-6-11-17/h3-4,7-8H,2,5-6,9-12H2,1H3,(H,16,18)/p+1. The third-order valence-electron chi connectivity index (χ3n) is 3.69. The number of carbonyl (C=O) groups is 1. The molecule has 2 N–H and O–H groups in total. The summed E-state index contributed by atoms with van der Waals surface area (Å²) in [5.41, 5.74) is 2.06. The Morgan fingerprint density at radius 3 is 2.67 bits per heavy atom. The maximum Gasteiger partial charge on any atom is 0.230 e. The highest BCUT2D eigenvalue weighted by molar-refractivity contribution is 5.91. The number of aryl methyl sites for hydroxylation is 1. The fourth-order valence-corrected chi connectivity index (χ4v) is 2.52. The van der Waals surface area contributed by atoms with Crippen LogP contribution in [0.15, 0.2) is 24.3 Å². The molecule has 1 aromatic rings. The molecular weight excluding hydrogens is 224 g/mol. The van der Waals surface area contributed by atoms with E-state index in [0.29, 0.717) is 6.42 Å². The average Bonchev–Trinajstić information content (AvgIpc) is 2.40. The van der Waals surface area contributed by atoms with Gasteiger partial charge in [-0.3, -0.25) is 4.79 Å². The lowest BCUT2D eigenvalue weighted by Gasteiger charge is -2.23. The number of piperidine rings is 1. The van der Waals surface area contributed by atoms with Crippen molar-refractivity contribution in [1.29, 1.82) is 0 Å². The van der Waals surface area contributed by atoms with Crippen LogP contribution >= 0.6 is 0 Å². The van der Waals surface area contributed by atoms with Gasteiger partial charge >= 0.3 is 0 Å². The van der Waals surface area contributed by atoms with Crippen molar-refractivity contribution in [3.63, 3.8) is 0 Å². The summed E-state index contributed by atoms with van der Waals surface area (Å²) in [5, 5.41) is 3.00. The molecule has 0 spiro atoms. The summed E-state index contributed by atoms with van der Waals surface area (Å²) in [7, 11) is 0. The number of para-hydroxylation sites is 1. The van der Waals surface area contributed by atoms with Gasteiger partial charge in [-0.05, 0) is 37.8 Å². The van der Waals surface area contributed by atoms with Crippen LogP contribution in [0.1, 0.15) is 31.2 Å². The minimum absolute atomic E-state index is 0.141. The van der Waals surface area contributed by atoms with Gasteiger partial charge in [-0.1, -0.05) is 18.2 Å². The Morgan fingerprint density at radius 2 is 1.94 bits per heavy atom. The number of hydrogen-bond acceptors (Lipinski definition) is 1. The molecule has 18 heavy (non-hydrogen) atoms. The van der Waals surface area contributed by atoms with Gasteiger partial charge in [0.1, 0.15) is 0 Å². The predicted molar refractivity (Wildman–Crippen MR) is 73.8 cm³/mol. The summed E-state index contributed by atoms with van der Waals surface area (Å²) in [6.45, 7) is 5.46. The number of amides is 1. The Labute approximate surface area is 109 Å². The van der Waals surface area contributed by atoms with Gasteiger partial charge in [0, 0.05) is 5.69 Å². The van der Waals surface area contributed by atoms with Crippen LogP contribution in [0, 0.1) is 6.92 Å². The average molecular weight is 247 g/mol. The molecule has 1 fully saturated rings. The summed E-state index contributed by atoms with van der Waals surface area (Å²) >= 11 is 0. The van der Waals surface area contributed by atoms with Crippen LogP contribution in [0.3, 0.4) is 0 Å². The SMILES string of the molecule is Cc1ccccc1NC(=O)CC[NH+]1CCCCC1. The maximum absolute atomic E-state index is 11.9. The van der Waals surface area contributed by atoms with Crippen LogP contribution in [-0.4, -0.2) is 25.5 Å². The monoisotopic (exact) mass is 247 g/mol. The topological polar surface area (TPSA) is 33.5 Å². The summed E-state index contributed by atoms with van der Waals surface area (Å²) in [6.07, 6.45) is 4.62. The number of quaternary nitrogens is 1. The molecule has 0 unspecified atom stereocenters. The molecule has 1 saturated heterocycles. The summed E-state index contributed by atoms with van der Waals surface area (Å²) in [4.78, 5) is 13.5. The van der Waals surface area contributed by atoms with E-state index in [2.05, 4.69) is 5.32 Å². The van der Waals surface area contributed by atoms with Gasteiger partial charge in [0.05, 0.1) is 26.1 Å². The number of rotatable bonds is 4. The van der Waals surface area contributed by atoms with E-state index < -0.39 is 0 Å². The second kappa shape index (κ2) is 6.55. The molecular formula is C15H23N2O+. The van der Waals surface area contributed by atoms with Crippen LogP contribution in [0.4, 0.5) is 5.69 Å². The number of likely N-dealkylation sites (tertiary alicyclic amines) is 1. The summed E-state index contributed by atoms with van der Waals surface area (Å²) < 4.78 is 0. The van der Waals surface area contributed by atoms with Gasteiger partial charge < -0.3 is 10.2 Å². The van der Waals surface area contributed by atoms with Crippen molar-refractivity contribution in [3.05, 3.63) is 29.8 Å². The molecule has 3 heteroatoms. The van der Waals surface area contributed by atoms with Crippen molar-refractivity contribution < 1.29 is 9.69 Å². The van der Waals surface area contributed by atoms with E-state index in [1.807, 2.05) is 31.2 Å². The third kappa shape index (κ3) is 3.84. The predicted octanol–water partition coefficient (Wildman–Crippen LogP) is 1.39. The minimum atomic E-state index is 0.141. The van der Waals surface area contributed by atoms with Crippen molar-refractivity contribution in [2.45, 2.75) is 32.6 Å². The van der Waals surface area contributed by atoms with Crippen LogP contribution in [0.25, 0.3) is 0 Å². The van der Waals surface area contributed by atoms with Crippen molar-refractivity contribution in [3.8, 4) is 0 Å². The second-order valence-corrected chi connectivity index (χ2v) is 5.17. The van der Waals surface area contributed by atoms with Gasteiger partial charge in [0.15, 0.2) is 0 Å². The van der Waals surface area contributed by atoms with E-state index in [1.165, 1.54) is 32.4 Å². The molecule has 0 bridgehead atoms. The highest BCUT2D eigenvalue weighted by atomic mass is 16.1. The number of anilines is 1. The molecule has 0 aliphatic carbocycles. The van der Waals surface area contributed by atoms with Crippen molar-refractivity contribution >= 4 is 11.6 Å². The molecule has 1 aliphatic heterocycles. The lowest BCUT2D eigenvalue weighted by Crippen LogP contribution is -3.12. The maximum atomic E-state index is 11.9. The van der Waals surface area contributed by atoms with E-state index in [1.54, 1.807) is 4.90 Å². The van der Waals surface area contributed by atoms with E-state index in [4.69, 9.17) is 0 Å². The van der Waals surface area contributed by atoms with Gasteiger partial charge in [0.2, 0.25) is 5.91 Å². The van der Waals surface area contributed by atoms with Crippen LogP contribution < -0.4 is 10.2 Å². The molecule has 0 radical (unpaired) electrons. The van der Waals surface area contributed by atoms with E-state index >= 15 is 0 Å². The van der Waals surface area contributed by atoms with E-state index in [0.717, 1.165) is 17.8 Å². The Kier molecular flexibility index (Phi) is 4.76. The first kappa shape index (κ1) is 13.1. The van der Waals surface area contributed by atoms with Gasteiger partial charge in [-0.15, -0.1) is 0 Å². The zero-order chi connectivity index (χ0) is 12.8. The highest BCUT2D eigenvalue weighted by Crippen LogP contribution is 2.12. The van der Waals surface area contributed by atoms with Crippen LogP contribution in [-0.2, 0) is 4.79 Å². The molecule has 1 amide bonds. The van der Waals surface area contributed by atoms with Crippen molar-refractivity contribution in [2.75, 3.05) is 25.0 Å². The number of hydrogen-bond donors (Lipinski definition) is 2. The fourth-order valence-electron chi connectivity index (χ4n) is 2.52. The Bertz CT molecular complexity index is 397. The summed E-state index contributed by atoms with van der Waals surface area (Å²) in [6, 6.07) is 7.92. The van der Waals surface area contributed by atoms with E-state index in [9.17, 15) is 4.79 Å². The van der Waals surface area contributed by atoms with Gasteiger partial charge in [-0.2, -0.15) is 0 Å². The lowest BCUT2D eigenvalue weighted by atomic mass is 10.1. The largest absolute Gasteiger partial charge is 0.335 e. The van der Waals surface area contributed by atoms with E-state index in [-0.39, 0.29) is 5.91 Å². The van der Waals surface area contributed by atoms with Gasteiger partial charge in [0.25, 0.3) is 0 Å². The molecule has 1 heterocycles. The fraction of sp³-hybridized carbons (Fsp3) is 0.533. The molecule has 0 aromatic heterocycles. The smallest absolute Gasteiger partial charge is 0.230 e. The normalized spacial score (nSPS) is 16.5. The number of carbonyl (C=O) groups excluding carboxylic acids is 1. The van der Waals surface area contributed by atoms with Gasteiger partial charge in [-0.25, -0.2) is 0 Å². The zero-order valence-electron chi connectivity index (χ0n) is 11.2. The minimum Gasteiger partial charge on any atom is -0.335 e. The molecule has 1 aliphatic rings. The second-order valence-electron chi connectivity index (χ2n) is 5.17. The molecule has 1 aromatic carbocycles. The molecule has 98 valence electrons. The quantitative estimate of drug-likeness (QED) is 0.828. The van der Waals surface area contributed by atoms with Crippen molar-refractivity contribution in [1.82, 2.24) is 0 Å². The molecule has 0 atom stereocenters. The third-order valence-corrected chi connectivity index (χ3v) is 3.69. The Morgan fingerprint density at radius 1 is 1.22 bits per heavy atom. The molecule has 0 saturated carbocycles. The number of nitrogens with one attached hydrogen (secondary N) is 2. The molecule has 3 nitrogen and oxygen atoms in total. The highest BCUT2D eigenvalue weighted by Gasteiger charge is 2.15. The Balaban J connectivity index is 1.76. The van der Waals surface area contributed by atoms with Crippen LogP contribution in [0.2, 0.25) is 0 Å². The lowest BCUT2D eigenvalue weighted by molar-refractivity contribution is -0.904. The Hall–Kier alpha value is -1.35.